The maximum absolute atomic E-state index is 13.8. The van der Waals surface area contributed by atoms with Crippen LogP contribution in [-0.2, 0) is 13.0 Å². The smallest absolute Gasteiger partial charge is 0.138 e. The van der Waals surface area contributed by atoms with E-state index in [1.54, 1.807) is 4.68 Å². The third-order valence-electron chi connectivity index (χ3n) is 3.17. The molecule has 0 aliphatic rings. The van der Waals surface area contributed by atoms with Gasteiger partial charge in [0.2, 0.25) is 0 Å². The standard InChI is InChI=1S/C14H19F2N5/c1-9(2)7-21-13(18-8-19-21)6-12(20-17)14-10(15)4-3-5-11(14)16/h3-5,8-9,12,20H,6-7,17H2,1-2H3. The number of nitrogens with two attached hydrogens (primary N) is 1. The number of hydrogen-bond acceptors (Lipinski definition) is 4. The predicted octanol–water partition coefficient (Wildman–Crippen LogP) is 1.96. The Kier molecular flexibility index (Phi) is 4.98. The fourth-order valence-corrected chi connectivity index (χ4v) is 2.22. The minimum atomic E-state index is -0.707. The molecule has 1 unspecified atom stereocenters. The van der Waals surface area contributed by atoms with Gasteiger partial charge in [0.1, 0.15) is 23.8 Å². The second-order valence-corrected chi connectivity index (χ2v) is 5.31. The van der Waals surface area contributed by atoms with Crippen molar-refractivity contribution < 1.29 is 8.78 Å². The number of hydrazine groups is 1. The van der Waals surface area contributed by atoms with E-state index in [9.17, 15) is 8.78 Å². The van der Waals surface area contributed by atoms with Crippen LogP contribution >= 0.6 is 0 Å². The Morgan fingerprint density at radius 3 is 2.52 bits per heavy atom. The van der Waals surface area contributed by atoms with Crippen molar-refractivity contribution in [3.8, 4) is 0 Å². The van der Waals surface area contributed by atoms with Crippen LogP contribution in [0.1, 0.15) is 31.3 Å². The monoisotopic (exact) mass is 295 g/mol. The van der Waals surface area contributed by atoms with Crippen LogP contribution in [0.5, 0.6) is 0 Å². The fraction of sp³-hybridized carbons (Fsp3) is 0.429. The largest absolute Gasteiger partial charge is 0.271 e. The van der Waals surface area contributed by atoms with Gasteiger partial charge in [0, 0.05) is 18.5 Å². The highest BCUT2D eigenvalue weighted by molar-refractivity contribution is 5.24. The summed E-state index contributed by atoms with van der Waals surface area (Å²) in [5.74, 6) is 5.23. The Labute approximate surface area is 122 Å². The first-order valence-corrected chi connectivity index (χ1v) is 6.79. The fourth-order valence-electron chi connectivity index (χ4n) is 2.22. The van der Waals surface area contributed by atoms with Gasteiger partial charge >= 0.3 is 0 Å². The van der Waals surface area contributed by atoms with E-state index in [0.717, 1.165) is 0 Å². The van der Waals surface area contributed by atoms with Gasteiger partial charge in [0.25, 0.3) is 0 Å². The Hall–Kier alpha value is -1.86. The summed E-state index contributed by atoms with van der Waals surface area (Å²) in [6, 6.07) is 3.04. The number of nitrogens with zero attached hydrogens (tertiary/aromatic N) is 3. The van der Waals surface area contributed by atoms with Gasteiger partial charge in [0.05, 0.1) is 6.04 Å². The summed E-state index contributed by atoms with van der Waals surface area (Å²) < 4.78 is 29.4. The maximum atomic E-state index is 13.8. The summed E-state index contributed by atoms with van der Waals surface area (Å²) in [7, 11) is 0. The van der Waals surface area contributed by atoms with Crippen LogP contribution in [0, 0.1) is 17.6 Å². The zero-order valence-corrected chi connectivity index (χ0v) is 12.1. The van der Waals surface area contributed by atoms with Crippen molar-refractivity contribution in [2.45, 2.75) is 32.9 Å². The molecule has 0 aliphatic carbocycles. The summed E-state index contributed by atoms with van der Waals surface area (Å²) >= 11 is 0. The number of aromatic nitrogens is 3. The lowest BCUT2D eigenvalue weighted by Crippen LogP contribution is -2.32. The van der Waals surface area contributed by atoms with Crippen molar-refractivity contribution in [3.05, 3.63) is 47.5 Å². The van der Waals surface area contributed by atoms with Crippen molar-refractivity contribution in [1.29, 1.82) is 0 Å². The van der Waals surface area contributed by atoms with E-state index in [0.29, 0.717) is 18.3 Å². The molecule has 0 saturated carbocycles. The quantitative estimate of drug-likeness (QED) is 0.631. The summed E-state index contributed by atoms with van der Waals surface area (Å²) in [6.07, 6.45) is 1.68. The SMILES string of the molecule is CC(C)Cn1ncnc1CC(NN)c1c(F)cccc1F. The molecule has 0 radical (unpaired) electrons. The molecule has 0 saturated heterocycles. The lowest BCUT2D eigenvalue weighted by molar-refractivity contribution is 0.430. The normalized spacial score (nSPS) is 12.9. The molecule has 0 fully saturated rings. The molecular weight excluding hydrogens is 276 g/mol. The highest BCUT2D eigenvalue weighted by atomic mass is 19.1. The maximum Gasteiger partial charge on any atom is 0.138 e. The molecule has 1 heterocycles. The number of rotatable bonds is 6. The van der Waals surface area contributed by atoms with Crippen LogP contribution in [0.15, 0.2) is 24.5 Å². The first-order chi connectivity index (χ1) is 10.0. The van der Waals surface area contributed by atoms with Crippen LogP contribution in [0.2, 0.25) is 0 Å². The van der Waals surface area contributed by atoms with E-state index in [4.69, 9.17) is 5.84 Å². The average molecular weight is 295 g/mol. The summed E-state index contributed by atoms with van der Waals surface area (Å²) in [5.41, 5.74) is 2.37. The van der Waals surface area contributed by atoms with E-state index < -0.39 is 17.7 Å². The van der Waals surface area contributed by atoms with Gasteiger partial charge in [-0.05, 0) is 18.1 Å². The molecule has 2 aromatic rings. The lowest BCUT2D eigenvalue weighted by Gasteiger charge is -2.18. The molecule has 21 heavy (non-hydrogen) atoms. The zero-order chi connectivity index (χ0) is 15.4. The van der Waals surface area contributed by atoms with Gasteiger partial charge in [-0.1, -0.05) is 19.9 Å². The summed E-state index contributed by atoms with van der Waals surface area (Å²) in [4.78, 5) is 4.15. The van der Waals surface area contributed by atoms with E-state index in [1.807, 2.05) is 0 Å². The van der Waals surface area contributed by atoms with Gasteiger partial charge in [-0.2, -0.15) is 5.10 Å². The number of nitrogens with one attached hydrogen (secondary N) is 1. The molecule has 0 spiro atoms. The van der Waals surface area contributed by atoms with Gasteiger partial charge in [-0.15, -0.1) is 0 Å². The topological polar surface area (TPSA) is 68.8 Å². The van der Waals surface area contributed by atoms with Crippen molar-refractivity contribution in [1.82, 2.24) is 20.2 Å². The first kappa shape index (κ1) is 15.5. The molecule has 1 aromatic heterocycles. The predicted molar refractivity (Wildman–Crippen MR) is 75.0 cm³/mol. The third kappa shape index (κ3) is 3.62. The minimum Gasteiger partial charge on any atom is -0.271 e. The van der Waals surface area contributed by atoms with Crippen LogP contribution in [0.25, 0.3) is 0 Å². The van der Waals surface area contributed by atoms with Gasteiger partial charge in [-0.25, -0.2) is 18.4 Å². The molecule has 5 nitrogen and oxygen atoms in total. The minimum absolute atomic E-state index is 0.0842. The van der Waals surface area contributed by atoms with Crippen molar-refractivity contribution in [3.63, 3.8) is 0 Å². The van der Waals surface area contributed by atoms with Crippen molar-refractivity contribution in [2.75, 3.05) is 0 Å². The third-order valence-corrected chi connectivity index (χ3v) is 3.17. The summed E-state index contributed by atoms with van der Waals surface area (Å²) in [5, 5.41) is 4.13. The van der Waals surface area contributed by atoms with Crippen molar-refractivity contribution >= 4 is 0 Å². The highest BCUT2D eigenvalue weighted by Crippen LogP contribution is 2.23. The van der Waals surface area contributed by atoms with Crippen LogP contribution in [0.3, 0.4) is 0 Å². The first-order valence-electron chi connectivity index (χ1n) is 6.79. The van der Waals surface area contributed by atoms with E-state index in [1.165, 1.54) is 24.5 Å². The average Bonchev–Trinajstić information content (AvgIpc) is 2.83. The molecule has 0 bridgehead atoms. The second kappa shape index (κ2) is 6.73. The highest BCUT2D eigenvalue weighted by Gasteiger charge is 2.21. The molecule has 2 rings (SSSR count). The van der Waals surface area contributed by atoms with Crippen LogP contribution in [0.4, 0.5) is 8.78 Å². The molecule has 3 N–H and O–H groups in total. The van der Waals surface area contributed by atoms with E-state index in [2.05, 4.69) is 29.4 Å². The van der Waals surface area contributed by atoms with Crippen LogP contribution < -0.4 is 11.3 Å². The molecule has 0 amide bonds. The summed E-state index contributed by atoms with van der Waals surface area (Å²) in [6.45, 7) is 4.80. The molecule has 0 aliphatic heterocycles. The van der Waals surface area contributed by atoms with Gasteiger partial charge in [0.15, 0.2) is 0 Å². The number of halogens is 2. The van der Waals surface area contributed by atoms with Crippen molar-refractivity contribution in [2.24, 2.45) is 11.8 Å². The zero-order valence-electron chi connectivity index (χ0n) is 12.1. The van der Waals surface area contributed by atoms with E-state index in [-0.39, 0.29) is 12.0 Å². The van der Waals surface area contributed by atoms with Crippen LogP contribution in [-0.4, -0.2) is 14.8 Å². The molecular formula is C14H19F2N5. The number of hydrogen-bond donors (Lipinski definition) is 2. The van der Waals surface area contributed by atoms with Gasteiger partial charge in [-0.3, -0.25) is 11.3 Å². The molecule has 1 aromatic carbocycles. The Bertz CT molecular complexity index is 577. The molecule has 7 heteroatoms. The Morgan fingerprint density at radius 1 is 1.29 bits per heavy atom. The Balaban J connectivity index is 2.26. The lowest BCUT2D eigenvalue weighted by atomic mass is 10.0. The second-order valence-electron chi connectivity index (χ2n) is 5.31. The molecule has 114 valence electrons. The number of benzene rings is 1. The molecule has 1 atom stereocenters. The Morgan fingerprint density at radius 2 is 1.95 bits per heavy atom. The van der Waals surface area contributed by atoms with Gasteiger partial charge < -0.3 is 0 Å². The van der Waals surface area contributed by atoms with E-state index >= 15 is 0 Å².